The zero-order valence-corrected chi connectivity index (χ0v) is 17.7. The summed E-state index contributed by atoms with van der Waals surface area (Å²) in [4.78, 5) is 17.9. The van der Waals surface area contributed by atoms with Gasteiger partial charge in [0.1, 0.15) is 0 Å². The van der Waals surface area contributed by atoms with E-state index >= 15 is 0 Å². The highest BCUT2D eigenvalue weighted by Gasteiger charge is 2.31. The summed E-state index contributed by atoms with van der Waals surface area (Å²) in [6, 6.07) is 12.4. The summed E-state index contributed by atoms with van der Waals surface area (Å²) in [6.07, 6.45) is 1.000. The van der Waals surface area contributed by atoms with Crippen LogP contribution in [0.25, 0.3) is 0 Å². The fourth-order valence-corrected chi connectivity index (χ4v) is 5.84. The summed E-state index contributed by atoms with van der Waals surface area (Å²) in [5.74, 6) is 1.53. The molecule has 0 bridgehead atoms. The van der Waals surface area contributed by atoms with E-state index in [4.69, 9.17) is 9.47 Å². The molecule has 2 aliphatic heterocycles. The van der Waals surface area contributed by atoms with Gasteiger partial charge in [0, 0.05) is 16.3 Å². The highest BCUT2D eigenvalue weighted by Crippen LogP contribution is 2.39. The number of carbonyl (C=O) groups is 1. The first-order valence-electron chi connectivity index (χ1n) is 9.71. The minimum absolute atomic E-state index is 0.0374. The number of benzene rings is 1. The number of carbonyl (C=O) groups excluding carboxylic acids is 1. The van der Waals surface area contributed by atoms with E-state index in [0.29, 0.717) is 6.54 Å². The van der Waals surface area contributed by atoms with E-state index in [1.165, 1.54) is 15.3 Å². The fraction of sp³-hybridized carbons (Fsp3) is 0.318. The maximum Gasteiger partial charge on any atom is 0.234 e. The first kappa shape index (κ1) is 18.7. The number of hydrogen-bond donors (Lipinski definition) is 1. The SMILES string of the molecule is C[C@@H](NC(=O)CN1CCc2sccc2[C@H]1c1cccs1)c1ccc2c(c1)OCO2. The number of ether oxygens (including phenoxy) is 2. The molecule has 0 saturated heterocycles. The standard InChI is InChI=1S/C22H22N2O3S2/c1-14(15-4-5-17-18(11-15)27-13-26-17)23-21(25)12-24-8-6-19-16(7-10-29-19)22(24)20-3-2-9-28-20/h2-5,7,9-11,14,22H,6,8,12-13H2,1H3,(H,23,25)/t14-,22+/m1/s1. The van der Waals surface area contributed by atoms with Gasteiger partial charge >= 0.3 is 0 Å². The Balaban J connectivity index is 1.30. The molecule has 0 fully saturated rings. The highest BCUT2D eigenvalue weighted by molar-refractivity contribution is 7.10. The summed E-state index contributed by atoms with van der Waals surface area (Å²) in [5.41, 5.74) is 2.36. The lowest BCUT2D eigenvalue weighted by Gasteiger charge is -2.35. The number of amides is 1. The summed E-state index contributed by atoms with van der Waals surface area (Å²) >= 11 is 3.58. The van der Waals surface area contributed by atoms with Crippen LogP contribution in [-0.4, -0.2) is 30.7 Å². The summed E-state index contributed by atoms with van der Waals surface area (Å²) in [7, 11) is 0. The Hall–Kier alpha value is -2.35. The summed E-state index contributed by atoms with van der Waals surface area (Å²) < 4.78 is 10.8. The molecule has 2 atom stereocenters. The summed E-state index contributed by atoms with van der Waals surface area (Å²) in [5, 5.41) is 7.42. The zero-order valence-electron chi connectivity index (χ0n) is 16.1. The molecule has 0 aliphatic carbocycles. The maximum absolute atomic E-state index is 12.9. The van der Waals surface area contributed by atoms with Crippen molar-refractivity contribution in [2.75, 3.05) is 19.9 Å². The number of rotatable bonds is 5. The molecule has 2 aromatic heterocycles. The molecule has 0 radical (unpaired) electrons. The average molecular weight is 427 g/mol. The minimum Gasteiger partial charge on any atom is -0.454 e. The van der Waals surface area contributed by atoms with Crippen LogP contribution in [0, 0.1) is 0 Å². The quantitative estimate of drug-likeness (QED) is 0.659. The van der Waals surface area contributed by atoms with Crippen molar-refractivity contribution in [3.8, 4) is 11.5 Å². The molecule has 7 heteroatoms. The van der Waals surface area contributed by atoms with E-state index in [1.54, 1.807) is 11.3 Å². The minimum atomic E-state index is -0.0984. The Morgan fingerprint density at radius 2 is 2.10 bits per heavy atom. The van der Waals surface area contributed by atoms with Gasteiger partial charge in [-0.2, -0.15) is 0 Å². The van der Waals surface area contributed by atoms with Crippen molar-refractivity contribution in [2.24, 2.45) is 0 Å². The number of fused-ring (bicyclic) bond motifs is 2. The molecule has 0 spiro atoms. The molecule has 5 nitrogen and oxygen atoms in total. The average Bonchev–Trinajstić information content (AvgIpc) is 3.47. The third-order valence-corrected chi connectivity index (χ3v) is 7.42. The van der Waals surface area contributed by atoms with Crippen LogP contribution in [0.15, 0.2) is 47.2 Å². The molecule has 150 valence electrons. The zero-order chi connectivity index (χ0) is 19.8. The van der Waals surface area contributed by atoms with Gasteiger partial charge in [-0.1, -0.05) is 12.1 Å². The molecule has 5 rings (SSSR count). The predicted octanol–water partition coefficient (Wildman–Crippen LogP) is 4.36. The van der Waals surface area contributed by atoms with Gasteiger partial charge in [-0.25, -0.2) is 0 Å². The molecule has 0 saturated carbocycles. The topological polar surface area (TPSA) is 50.8 Å². The Labute approximate surface area is 177 Å². The highest BCUT2D eigenvalue weighted by atomic mass is 32.1. The van der Waals surface area contributed by atoms with Gasteiger partial charge in [0.15, 0.2) is 11.5 Å². The number of thiophene rings is 2. The fourth-order valence-electron chi connectivity index (χ4n) is 4.06. The van der Waals surface area contributed by atoms with E-state index in [2.05, 4.69) is 39.2 Å². The Morgan fingerprint density at radius 3 is 2.97 bits per heavy atom. The van der Waals surface area contributed by atoms with Gasteiger partial charge in [-0.05, 0) is 59.5 Å². The monoisotopic (exact) mass is 426 g/mol. The van der Waals surface area contributed by atoms with Crippen LogP contribution in [0.4, 0.5) is 0 Å². The van der Waals surface area contributed by atoms with Crippen LogP contribution < -0.4 is 14.8 Å². The maximum atomic E-state index is 12.9. The molecule has 3 aromatic rings. The van der Waals surface area contributed by atoms with Crippen molar-refractivity contribution in [3.63, 3.8) is 0 Å². The van der Waals surface area contributed by atoms with Gasteiger partial charge in [0.05, 0.1) is 18.6 Å². The molecular formula is C22H22N2O3S2. The molecule has 1 N–H and O–H groups in total. The van der Waals surface area contributed by atoms with Crippen molar-refractivity contribution in [1.82, 2.24) is 10.2 Å². The second-order valence-electron chi connectivity index (χ2n) is 7.34. The number of nitrogens with zero attached hydrogens (tertiary/aromatic N) is 1. The largest absolute Gasteiger partial charge is 0.454 e. The lowest BCUT2D eigenvalue weighted by atomic mass is 9.98. The number of hydrogen-bond acceptors (Lipinski definition) is 6. The van der Waals surface area contributed by atoms with Crippen LogP contribution in [0.5, 0.6) is 11.5 Å². The van der Waals surface area contributed by atoms with Crippen LogP contribution in [-0.2, 0) is 11.2 Å². The van der Waals surface area contributed by atoms with Crippen molar-refractivity contribution in [1.29, 1.82) is 0 Å². The van der Waals surface area contributed by atoms with Crippen molar-refractivity contribution >= 4 is 28.6 Å². The summed E-state index contributed by atoms with van der Waals surface area (Å²) in [6.45, 7) is 3.52. The van der Waals surface area contributed by atoms with Crippen molar-refractivity contribution in [3.05, 3.63) is 68.0 Å². The Bertz CT molecular complexity index is 1020. The van der Waals surface area contributed by atoms with Crippen LogP contribution in [0.1, 0.15) is 39.9 Å². The molecule has 1 aromatic carbocycles. The van der Waals surface area contributed by atoms with Crippen LogP contribution in [0.2, 0.25) is 0 Å². The van der Waals surface area contributed by atoms with Gasteiger partial charge in [-0.3, -0.25) is 9.69 Å². The third-order valence-electron chi connectivity index (χ3n) is 5.50. The normalized spacial score (nSPS) is 19.0. The Kier molecular flexibility index (Phi) is 5.03. The van der Waals surface area contributed by atoms with Gasteiger partial charge in [-0.15, -0.1) is 22.7 Å². The molecule has 1 amide bonds. The van der Waals surface area contributed by atoms with Crippen molar-refractivity contribution in [2.45, 2.75) is 25.4 Å². The van der Waals surface area contributed by atoms with Crippen molar-refractivity contribution < 1.29 is 14.3 Å². The van der Waals surface area contributed by atoms with Gasteiger partial charge < -0.3 is 14.8 Å². The molecule has 2 aliphatic rings. The van der Waals surface area contributed by atoms with E-state index in [-0.39, 0.29) is 24.8 Å². The molecular weight excluding hydrogens is 404 g/mol. The third kappa shape index (κ3) is 3.66. The second kappa shape index (κ2) is 7.82. The first-order chi connectivity index (χ1) is 14.2. The first-order valence-corrected chi connectivity index (χ1v) is 11.5. The van der Waals surface area contributed by atoms with Crippen LogP contribution in [0.3, 0.4) is 0 Å². The van der Waals surface area contributed by atoms with E-state index in [9.17, 15) is 4.79 Å². The molecule has 4 heterocycles. The van der Waals surface area contributed by atoms with Gasteiger partial charge in [0.25, 0.3) is 0 Å². The Morgan fingerprint density at radius 1 is 1.21 bits per heavy atom. The lowest BCUT2D eigenvalue weighted by molar-refractivity contribution is -0.123. The van der Waals surface area contributed by atoms with Crippen LogP contribution >= 0.6 is 22.7 Å². The second-order valence-corrected chi connectivity index (χ2v) is 9.32. The number of nitrogens with one attached hydrogen (secondary N) is 1. The van der Waals surface area contributed by atoms with Gasteiger partial charge in [0.2, 0.25) is 12.7 Å². The smallest absolute Gasteiger partial charge is 0.234 e. The molecule has 0 unspecified atom stereocenters. The van der Waals surface area contributed by atoms with E-state index in [0.717, 1.165) is 30.0 Å². The predicted molar refractivity (Wildman–Crippen MR) is 115 cm³/mol. The molecule has 29 heavy (non-hydrogen) atoms. The van der Waals surface area contributed by atoms with E-state index < -0.39 is 0 Å². The lowest BCUT2D eigenvalue weighted by Crippen LogP contribution is -2.43. The van der Waals surface area contributed by atoms with E-state index in [1.807, 2.05) is 36.5 Å².